The summed E-state index contributed by atoms with van der Waals surface area (Å²) in [5, 5.41) is 18.0. The summed E-state index contributed by atoms with van der Waals surface area (Å²) in [6.45, 7) is 5.36. The zero-order valence-electron chi connectivity index (χ0n) is 19.1. The van der Waals surface area contributed by atoms with Gasteiger partial charge in [0.1, 0.15) is 16.9 Å². The number of hydrogen-bond acceptors (Lipinski definition) is 9. The summed E-state index contributed by atoms with van der Waals surface area (Å²) in [6, 6.07) is 5.95. The van der Waals surface area contributed by atoms with Gasteiger partial charge in [-0.2, -0.15) is 5.10 Å². The Bertz CT molecular complexity index is 1260. The highest BCUT2D eigenvalue weighted by Crippen LogP contribution is 2.33. The molecule has 10 heteroatoms. The van der Waals surface area contributed by atoms with Crippen LogP contribution < -0.4 is 5.32 Å². The van der Waals surface area contributed by atoms with Crippen LogP contribution in [0.3, 0.4) is 0 Å². The van der Waals surface area contributed by atoms with E-state index in [1.54, 1.807) is 0 Å². The van der Waals surface area contributed by atoms with Gasteiger partial charge in [0.05, 0.1) is 17.2 Å². The van der Waals surface area contributed by atoms with E-state index in [4.69, 9.17) is 9.72 Å². The second-order valence-corrected chi connectivity index (χ2v) is 9.93. The summed E-state index contributed by atoms with van der Waals surface area (Å²) >= 11 is 1.52. The van der Waals surface area contributed by atoms with Crippen molar-refractivity contribution in [3.63, 3.8) is 0 Å². The van der Waals surface area contributed by atoms with E-state index in [-0.39, 0.29) is 6.10 Å². The van der Waals surface area contributed by atoms with E-state index < -0.39 is 0 Å². The predicted molar refractivity (Wildman–Crippen MR) is 132 cm³/mol. The van der Waals surface area contributed by atoms with Gasteiger partial charge in [-0.25, -0.2) is 4.98 Å². The lowest BCUT2D eigenvalue weighted by Gasteiger charge is -2.13. The fourth-order valence-corrected chi connectivity index (χ4v) is 5.46. The number of ether oxygens (including phenoxy) is 1. The maximum Gasteiger partial charge on any atom is 0.211 e. The second-order valence-electron chi connectivity index (χ2n) is 8.93. The smallest absolute Gasteiger partial charge is 0.211 e. The Hall–Kier alpha value is -2.95. The van der Waals surface area contributed by atoms with Gasteiger partial charge in [-0.3, -0.25) is 9.67 Å². The minimum absolute atomic E-state index is 0.0745. The molecule has 0 amide bonds. The molecule has 176 valence electrons. The molecule has 0 spiro atoms. The van der Waals surface area contributed by atoms with Crippen LogP contribution in [0, 0.1) is 0 Å². The minimum Gasteiger partial charge on any atom is -0.371 e. The van der Waals surface area contributed by atoms with Crippen molar-refractivity contribution in [2.24, 2.45) is 0 Å². The molecule has 2 aliphatic rings. The van der Waals surface area contributed by atoms with E-state index >= 15 is 0 Å². The zero-order chi connectivity index (χ0) is 22.7. The number of aryl methyl sites for hydroxylation is 1. The van der Waals surface area contributed by atoms with E-state index in [9.17, 15) is 0 Å². The molecule has 0 unspecified atom stereocenters. The zero-order valence-corrected chi connectivity index (χ0v) is 19.9. The molecule has 2 fully saturated rings. The van der Waals surface area contributed by atoms with Crippen molar-refractivity contribution in [2.45, 2.75) is 44.8 Å². The molecule has 0 aliphatic carbocycles. The molecule has 34 heavy (non-hydrogen) atoms. The molecular weight excluding hydrogens is 448 g/mol. The number of pyridine rings is 2. The molecule has 2 saturated heterocycles. The Morgan fingerprint density at radius 3 is 2.85 bits per heavy atom. The number of nitrogens with zero attached hydrogens (tertiary/aromatic N) is 7. The van der Waals surface area contributed by atoms with Crippen LogP contribution in [0.2, 0.25) is 0 Å². The molecule has 1 atom stereocenters. The number of nitrogens with one attached hydrogen (secondary N) is 1. The van der Waals surface area contributed by atoms with Crippen molar-refractivity contribution in [2.75, 3.05) is 31.6 Å². The minimum atomic E-state index is 0.0745. The molecule has 0 bridgehead atoms. The van der Waals surface area contributed by atoms with Gasteiger partial charge in [-0.05, 0) is 69.9 Å². The molecule has 9 nitrogen and oxygen atoms in total. The van der Waals surface area contributed by atoms with Crippen molar-refractivity contribution in [1.82, 2.24) is 34.8 Å². The molecule has 1 N–H and O–H groups in total. The van der Waals surface area contributed by atoms with Crippen LogP contribution in [0.4, 0.5) is 10.9 Å². The third-order valence-corrected chi connectivity index (χ3v) is 7.38. The number of anilines is 2. The third kappa shape index (κ3) is 4.79. The Morgan fingerprint density at radius 1 is 1.03 bits per heavy atom. The Balaban J connectivity index is 1.14. The van der Waals surface area contributed by atoms with Crippen molar-refractivity contribution in [3.8, 4) is 11.1 Å². The van der Waals surface area contributed by atoms with E-state index in [1.165, 1.54) is 37.3 Å². The molecule has 6 heterocycles. The van der Waals surface area contributed by atoms with Crippen molar-refractivity contribution < 1.29 is 4.74 Å². The topological polar surface area (TPSA) is 93.9 Å². The quantitative estimate of drug-likeness (QED) is 0.399. The van der Waals surface area contributed by atoms with Crippen molar-refractivity contribution >= 4 is 33.3 Å². The molecule has 0 aromatic carbocycles. The van der Waals surface area contributed by atoms with Gasteiger partial charge in [0.2, 0.25) is 5.13 Å². The first-order valence-corrected chi connectivity index (χ1v) is 12.9. The van der Waals surface area contributed by atoms with Gasteiger partial charge >= 0.3 is 0 Å². The summed E-state index contributed by atoms with van der Waals surface area (Å²) < 4.78 is 7.74. The normalized spacial score (nSPS) is 18.8. The van der Waals surface area contributed by atoms with Crippen LogP contribution in [-0.4, -0.2) is 61.1 Å². The number of fused-ring (bicyclic) bond motifs is 1. The largest absolute Gasteiger partial charge is 0.371 e. The van der Waals surface area contributed by atoms with Crippen LogP contribution in [-0.2, 0) is 11.3 Å². The molecule has 6 rings (SSSR count). The molecule has 2 aliphatic heterocycles. The standard InChI is InChI=1S/C24H28N8OS/c1-2-9-31(8-1)10-4-11-32-16-18(15-26-32)17-13-20-19(25-14-17)6-7-22(27-20)28-24-30-29-23(34-24)21-5-3-12-33-21/h6-7,13-16,21H,1-5,8-12H2,(H,27,28,30)/t21-/m1/s1. The highest BCUT2D eigenvalue weighted by molar-refractivity contribution is 7.15. The van der Waals surface area contributed by atoms with E-state index in [0.717, 1.165) is 77.1 Å². The molecule has 0 radical (unpaired) electrons. The summed E-state index contributed by atoms with van der Waals surface area (Å²) in [4.78, 5) is 11.9. The summed E-state index contributed by atoms with van der Waals surface area (Å²) in [7, 11) is 0. The van der Waals surface area contributed by atoms with Gasteiger partial charge < -0.3 is 15.0 Å². The fourth-order valence-electron chi connectivity index (χ4n) is 4.63. The third-order valence-electron chi connectivity index (χ3n) is 6.44. The van der Waals surface area contributed by atoms with Crippen LogP contribution in [0.5, 0.6) is 0 Å². The summed E-state index contributed by atoms with van der Waals surface area (Å²) in [5.74, 6) is 0.721. The first-order chi connectivity index (χ1) is 16.8. The van der Waals surface area contributed by atoms with Gasteiger partial charge in [0.15, 0.2) is 0 Å². The van der Waals surface area contributed by atoms with Crippen LogP contribution in [0.25, 0.3) is 22.2 Å². The summed E-state index contributed by atoms with van der Waals surface area (Å²) in [6.07, 6.45) is 11.9. The molecule has 4 aromatic heterocycles. The Morgan fingerprint density at radius 2 is 1.97 bits per heavy atom. The average molecular weight is 477 g/mol. The Labute approximate surface area is 202 Å². The number of rotatable bonds is 8. The van der Waals surface area contributed by atoms with Gasteiger partial charge in [-0.1, -0.05) is 11.3 Å². The molecular formula is C24H28N8OS. The van der Waals surface area contributed by atoms with Crippen molar-refractivity contribution in [3.05, 3.63) is 41.8 Å². The molecule has 0 saturated carbocycles. The maximum atomic E-state index is 5.71. The number of likely N-dealkylation sites (tertiary alicyclic amines) is 1. The average Bonchev–Trinajstić information content (AvgIpc) is 3.67. The highest BCUT2D eigenvalue weighted by Gasteiger charge is 2.22. The van der Waals surface area contributed by atoms with E-state index in [1.807, 2.05) is 29.2 Å². The SMILES string of the molecule is c1nc2ccc(Nc3nnc([C@H]4CCCO4)s3)nc2cc1-c1cnn(CCCN2CCCC2)c1. The highest BCUT2D eigenvalue weighted by atomic mass is 32.1. The first-order valence-electron chi connectivity index (χ1n) is 12.0. The lowest BCUT2D eigenvalue weighted by Crippen LogP contribution is -2.21. The van der Waals surface area contributed by atoms with Gasteiger partial charge in [-0.15, -0.1) is 10.2 Å². The fraction of sp³-hybridized carbons (Fsp3) is 0.458. The second kappa shape index (κ2) is 9.73. The van der Waals surface area contributed by atoms with Crippen LogP contribution in [0.1, 0.15) is 43.2 Å². The lowest BCUT2D eigenvalue weighted by molar-refractivity contribution is 0.111. The van der Waals surface area contributed by atoms with Gasteiger partial charge in [0, 0.05) is 36.7 Å². The predicted octanol–water partition coefficient (Wildman–Crippen LogP) is 4.43. The summed E-state index contributed by atoms with van der Waals surface area (Å²) in [5.41, 5.74) is 3.75. The number of hydrogen-bond donors (Lipinski definition) is 1. The lowest BCUT2D eigenvalue weighted by atomic mass is 10.1. The first kappa shape index (κ1) is 21.6. The Kier molecular flexibility index (Phi) is 6.17. The van der Waals surface area contributed by atoms with Crippen LogP contribution in [0.15, 0.2) is 36.8 Å². The van der Waals surface area contributed by atoms with Crippen molar-refractivity contribution in [1.29, 1.82) is 0 Å². The van der Waals surface area contributed by atoms with Gasteiger partial charge in [0.25, 0.3) is 0 Å². The monoisotopic (exact) mass is 476 g/mol. The van der Waals surface area contributed by atoms with E-state index in [2.05, 4.69) is 42.8 Å². The van der Waals surface area contributed by atoms with Crippen LogP contribution >= 0.6 is 11.3 Å². The maximum absolute atomic E-state index is 5.71. The van der Waals surface area contributed by atoms with E-state index in [0.29, 0.717) is 0 Å². The number of aromatic nitrogens is 6. The molecule has 4 aromatic rings.